The van der Waals surface area contributed by atoms with Crippen LogP contribution in [0.25, 0.3) is 0 Å². The molecule has 3 nitrogen and oxygen atoms in total. The van der Waals surface area contributed by atoms with Crippen molar-refractivity contribution in [3.05, 3.63) is 35.9 Å². The smallest absolute Gasteiger partial charge is 0.147 e. The van der Waals surface area contributed by atoms with Crippen LogP contribution in [0.3, 0.4) is 0 Å². The first-order valence-corrected chi connectivity index (χ1v) is 4.89. The Hall–Kier alpha value is -0.900. The molecule has 0 atom stereocenters. The number of ether oxygens (including phenoxy) is 2. The van der Waals surface area contributed by atoms with Gasteiger partial charge in [-0.2, -0.15) is 0 Å². The van der Waals surface area contributed by atoms with Crippen molar-refractivity contribution in [2.24, 2.45) is 0 Å². The maximum Gasteiger partial charge on any atom is 0.147 e. The van der Waals surface area contributed by atoms with Crippen LogP contribution in [-0.4, -0.2) is 26.0 Å². The molecule has 1 aromatic rings. The molecule has 3 heteroatoms. The van der Waals surface area contributed by atoms with E-state index < -0.39 is 0 Å². The van der Waals surface area contributed by atoms with Crippen molar-refractivity contribution in [2.45, 2.75) is 12.7 Å². The lowest BCUT2D eigenvalue weighted by molar-refractivity contribution is -0.108. The second kappa shape index (κ2) is 5.10. The highest BCUT2D eigenvalue weighted by Crippen LogP contribution is 2.02. The lowest BCUT2D eigenvalue weighted by Crippen LogP contribution is -2.48. The second-order valence-electron chi connectivity index (χ2n) is 3.40. The fourth-order valence-corrected chi connectivity index (χ4v) is 1.26. The van der Waals surface area contributed by atoms with Crippen molar-refractivity contribution in [3.63, 3.8) is 0 Å². The lowest BCUT2D eigenvalue weighted by Gasteiger charge is -2.26. The molecule has 1 aromatic carbocycles. The van der Waals surface area contributed by atoms with E-state index in [4.69, 9.17) is 9.47 Å². The van der Waals surface area contributed by atoms with Crippen LogP contribution in [0, 0.1) is 0 Å². The van der Waals surface area contributed by atoms with Gasteiger partial charge in [-0.05, 0) is 5.56 Å². The minimum Gasteiger partial charge on any atom is -0.351 e. The molecule has 0 amide bonds. The van der Waals surface area contributed by atoms with E-state index >= 15 is 0 Å². The average Bonchev–Trinajstić information content (AvgIpc) is 2.16. The van der Waals surface area contributed by atoms with Crippen molar-refractivity contribution in [2.75, 3.05) is 19.9 Å². The molecule has 0 spiro atoms. The Morgan fingerprint density at radius 3 is 2.64 bits per heavy atom. The minimum atomic E-state index is 0.353. The summed E-state index contributed by atoms with van der Waals surface area (Å²) in [5.74, 6) is 0. The number of nitrogens with one attached hydrogen (secondary N) is 1. The summed E-state index contributed by atoms with van der Waals surface area (Å²) in [5, 5.41) is 3.14. The molecule has 14 heavy (non-hydrogen) atoms. The standard InChI is InChI=1S/C11H15NO2/c1-2-4-10(5-3-1)8-13-9-14-11-6-12-7-11/h1-5,11-12H,6-9H2. The summed E-state index contributed by atoms with van der Waals surface area (Å²) in [5.41, 5.74) is 1.18. The van der Waals surface area contributed by atoms with E-state index in [0.29, 0.717) is 19.5 Å². The van der Waals surface area contributed by atoms with Crippen LogP contribution in [0.1, 0.15) is 5.56 Å². The first kappa shape index (κ1) is 9.65. The molecule has 1 aliphatic rings. The molecule has 0 aliphatic carbocycles. The third-order valence-electron chi connectivity index (χ3n) is 2.24. The zero-order valence-electron chi connectivity index (χ0n) is 8.11. The molecule has 0 unspecified atom stereocenters. The Bertz CT molecular complexity index is 259. The van der Waals surface area contributed by atoms with E-state index in [-0.39, 0.29) is 0 Å². The van der Waals surface area contributed by atoms with E-state index in [1.807, 2.05) is 30.3 Å². The van der Waals surface area contributed by atoms with Crippen LogP contribution in [0.4, 0.5) is 0 Å². The first-order chi connectivity index (χ1) is 6.95. The fraction of sp³-hybridized carbons (Fsp3) is 0.455. The predicted molar refractivity (Wildman–Crippen MR) is 53.8 cm³/mol. The van der Waals surface area contributed by atoms with Crippen LogP contribution < -0.4 is 5.32 Å². The van der Waals surface area contributed by atoms with E-state index in [1.54, 1.807) is 0 Å². The van der Waals surface area contributed by atoms with Crippen LogP contribution in [0.15, 0.2) is 30.3 Å². The first-order valence-electron chi connectivity index (χ1n) is 4.89. The Balaban J connectivity index is 1.58. The highest BCUT2D eigenvalue weighted by Gasteiger charge is 2.16. The number of hydrogen-bond donors (Lipinski definition) is 1. The molecule has 0 aromatic heterocycles. The molecular weight excluding hydrogens is 178 g/mol. The van der Waals surface area contributed by atoms with Gasteiger partial charge in [-0.1, -0.05) is 30.3 Å². The Morgan fingerprint density at radius 1 is 1.21 bits per heavy atom. The normalized spacial score (nSPS) is 16.6. The molecule has 1 heterocycles. The third-order valence-corrected chi connectivity index (χ3v) is 2.24. The van der Waals surface area contributed by atoms with Crippen molar-refractivity contribution in [1.29, 1.82) is 0 Å². The monoisotopic (exact) mass is 193 g/mol. The summed E-state index contributed by atoms with van der Waals surface area (Å²) in [6.45, 7) is 2.92. The summed E-state index contributed by atoms with van der Waals surface area (Å²) >= 11 is 0. The zero-order chi connectivity index (χ0) is 9.64. The number of hydrogen-bond acceptors (Lipinski definition) is 3. The molecule has 76 valence electrons. The molecular formula is C11H15NO2. The molecule has 0 saturated carbocycles. The van der Waals surface area contributed by atoms with E-state index in [1.165, 1.54) is 5.56 Å². The van der Waals surface area contributed by atoms with Gasteiger partial charge in [0.1, 0.15) is 6.79 Å². The summed E-state index contributed by atoms with van der Waals surface area (Å²) in [6.07, 6.45) is 0.353. The van der Waals surface area contributed by atoms with Gasteiger partial charge in [-0.3, -0.25) is 0 Å². The molecule has 1 N–H and O–H groups in total. The summed E-state index contributed by atoms with van der Waals surface area (Å²) in [7, 11) is 0. The van der Waals surface area contributed by atoms with Crippen molar-refractivity contribution >= 4 is 0 Å². The van der Waals surface area contributed by atoms with Gasteiger partial charge in [0, 0.05) is 13.1 Å². The topological polar surface area (TPSA) is 30.5 Å². The largest absolute Gasteiger partial charge is 0.351 e. The van der Waals surface area contributed by atoms with Gasteiger partial charge in [0.2, 0.25) is 0 Å². The molecule has 1 fully saturated rings. The number of benzene rings is 1. The van der Waals surface area contributed by atoms with Crippen molar-refractivity contribution in [3.8, 4) is 0 Å². The van der Waals surface area contributed by atoms with Gasteiger partial charge in [0.15, 0.2) is 0 Å². The molecule has 1 aliphatic heterocycles. The highest BCUT2D eigenvalue weighted by atomic mass is 16.7. The van der Waals surface area contributed by atoms with Crippen LogP contribution in [0.2, 0.25) is 0 Å². The highest BCUT2D eigenvalue weighted by molar-refractivity contribution is 5.13. The molecule has 1 saturated heterocycles. The Morgan fingerprint density at radius 2 is 2.00 bits per heavy atom. The summed E-state index contributed by atoms with van der Waals surface area (Å²) < 4.78 is 10.8. The summed E-state index contributed by atoms with van der Waals surface area (Å²) in [6, 6.07) is 10.1. The SMILES string of the molecule is c1ccc(COCOC2CNC2)cc1. The minimum absolute atomic E-state index is 0.353. The van der Waals surface area contributed by atoms with Crippen molar-refractivity contribution < 1.29 is 9.47 Å². The predicted octanol–water partition coefficient (Wildman–Crippen LogP) is 1.15. The maximum atomic E-state index is 5.41. The summed E-state index contributed by atoms with van der Waals surface area (Å²) in [4.78, 5) is 0. The lowest BCUT2D eigenvalue weighted by atomic mass is 10.2. The van der Waals surface area contributed by atoms with E-state index in [9.17, 15) is 0 Å². The molecule has 0 radical (unpaired) electrons. The van der Waals surface area contributed by atoms with Gasteiger partial charge in [-0.25, -0.2) is 0 Å². The van der Waals surface area contributed by atoms with Crippen LogP contribution in [0.5, 0.6) is 0 Å². The molecule has 0 bridgehead atoms. The Labute approximate surface area is 84.0 Å². The van der Waals surface area contributed by atoms with E-state index in [0.717, 1.165) is 13.1 Å². The number of rotatable bonds is 5. The van der Waals surface area contributed by atoms with Gasteiger partial charge in [-0.15, -0.1) is 0 Å². The van der Waals surface area contributed by atoms with Gasteiger partial charge < -0.3 is 14.8 Å². The molecule has 2 rings (SSSR count). The van der Waals surface area contributed by atoms with E-state index in [2.05, 4.69) is 5.32 Å². The Kier molecular flexibility index (Phi) is 3.51. The van der Waals surface area contributed by atoms with Crippen molar-refractivity contribution in [1.82, 2.24) is 5.32 Å². The third kappa shape index (κ3) is 2.80. The van der Waals surface area contributed by atoms with Crippen LogP contribution in [-0.2, 0) is 16.1 Å². The fourth-order valence-electron chi connectivity index (χ4n) is 1.26. The zero-order valence-corrected chi connectivity index (χ0v) is 8.11. The second-order valence-corrected chi connectivity index (χ2v) is 3.40. The van der Waals surface area contributed by atoms with Crippen LogP contribution >= 0.6 is 0 Å². The van der Waals surface area contributed by atoms with Gasteiger partial charge in [0.25, 0.3) is 0 Å². The quantitative estimate of drug-likeness (QED) is 0.562. The average molecular weight is 193 g/mol. The maximum absolute atomic E-state index is 5.41. The van der Waals surface area contributed by atoms with Gasteiger partial charge in [0.05, 0.1) is 12.7 Å². The van der Waals surface area contributed by atoms with Gasteiger partial charge >= 0.3 is 0 Å².